The Morgan fingerprint density at radius 2 is 1.84 bits per heavy atom. The monoisotopic (exact) mass is 373 g/mol. The van der Waals surface area contributed by atoms with Crippen LogP contribution < -0.4 is 0 Å². The van der Waals surface area contributed by atoms with Crippen molar-refractivity contribution in [2.75, 3.05) is 7.05 Å². The summed E-state index contributed by atoms with van der Waals surface area (Å²) >= 11 is 11.9. The molecular formula is C19H17Cl2N3O. The van der Waals surface area contributed by atoms with Crippen LogP contribution in [-0.2, 0) is 13.1 Å². The van der Waals surface area contributed by atoms with Crippen LogP contribution in [0.5, 0.6) is 0 Å². The Labute approximate surface area is 156 Å². The second-order valence-electron chi connectivity index (χ2n) is 5.82. The van der Waals surface area contributed by atoms with Gasteiger partial charge >= 0.3 is 0 Å². The van der Waals surface area contributed by atoms with Crippen LogP contribution in [0, 0.1) is 0 Å². The standard InChI is InChI=1S/C19H17Cl2N3O/c1-23(19(25)16-7-8-17(20)18(21)9-16)11-15-10-22-24(13-15)12-14-5-3-2-4-6-14/h2-10,13H,11-12H2,1H3. The summed E-state index contributed by atoms with van der Waals surface area (Å²) in [6.45, 7) is 1.17. The van der Waals surface area contributed by atoms with Crippen molar-refractivity contribution in [3.8, 4) is 0 Å². The van der Waals surface area contributed by atoms with Gasteiger partial charge in [0, 0.05) is 30.9 Å². The van der Waals surface area contributed by atoms with Crippen molar-refractivity contribution in [1.29, 1.82) is 0 Å². The second kappa shape index (κ2) is 7.72. The van der Waals surface area contributed by atoms with Gasteiger partial charge in [0.15, 0.2) is 0 Å². The van der Waals surface area contributed by atoms with Gasteiger partial charge < -0.3 is 4.90 Å². The molecule has 0 saturated carbocycles. The summed E-state index contributed by atoms with van der Waals surface area (Å²) in [7, 11) is 1.75. The van der Waals surface area contributed by atoms with E-state index < -0.39 is 0 Å². The molecular weight excluding hydrogens is 357 g/mol. The van der Waals surface area contributed by atoms with E-state index in [1.54, 1.807) is 36.3 Å². The number of benzene rings is 2. The SMILES string of the molecule is CN(Cc1cnn(Cc2ccccc2)c1)C(=O)c1ccc(Cl)c(Cl)c1. The second-order valence-corrected chi connectivity index (χ2v) is 6.64. The molecule has 4 nitrogen and oxygen atoms in total. The van der Waals surface area contributed by atoms with E-state index in [0.717, 1.165) is 5.56 Å². The van der Waals surface area contributed by atoms with Crippen molar-refractivity contribution in [2.24, 2.45) is 0 Å². The van der Waals surface area contributed by atoms with Crippen LogP contribution in [0.2, 0.25) is 10.0 Å². The Balaban J connectivity index is 1.65. The zero-order valence-corrected chi connectivity index (χ0v) is 15.2. The van der Waals surface area contributed by atoms with Crippen LogP contribution in [0.25, 0.3) is 0 Å². The van der Waals surface area contributed by atoms with Crippen molar-refractivity contribution >= 4 is 29.1 Å². The third kappa shape index (κ3) is 4.41. The highest BCUT2D eigenvalue weighted by Crippen LogP contribution is 2.23. The largest absolute Gasteiger partial charge is 0.337 e. The van der Waals surface area contributed by atoms with Crippen LogP contribution in [0.4, 0.5) is 0 Å². The highest BCUT2D eigenvalue weighted by atomic mass is 35.5. The Morgan fingerprint density at radius 1 is 1.08 bits per heavy atom. The van der Waals surface area contributed by atoms with Gasteiger partial charge in [-0.2, -0.15) is 5.10 Å². The maximum absolute atomic E-state index is 12.5. The van der Waals surface area contributed by atoms with Crippen LogP contribution >= 0.6 is 23.2 Å². The molecule has 0 N–H and O–H groups in total. The van der Waals surface area contributed by atoms with E-state index in [0.29, 0.717) is 28.7 Å². The van der Waals surface area contributed by atoms with Crippen molar-refractivity contribution < 1.29 is 4.79 Å². The molecule has 0 spiro atoms. The minimum Gasteiger partial charge on any atom is -0.337 e. The van der Waals surface area contributed by atoms with Gasteiger partial charge in [0.05, 0.1) is 22.8 Å². The Hall–Kier alpha value is -2.30. The molecule has 0 saturated heterocycles. The van der Waals surface area contributed by atoms with Crippen LogP contribution in [0.3, 0.4) is 0 Å². The first-order chi connectivity index (χ1) is 12.0. The number of carbonyl (C=O) groups excluding carboxylic acids is 1. The number of hydrogen-bond acceptors (Lipinski definition) is 2. The molecule has 0 unspecified atom stereocenters. The van der Waals surface area contributed by atoms with Crippen molar-refractivity contribution in [1.82, 2.24) is 14.7 Å². The number of amides is 1. The molecule has 0 aliphatic rings. The molecule has 0 radical (unpaired) electrons. The Bertz CT molecular complexity index is 877. The maximum Gasteiger partial charge on any atom is 0.253 e. The molecule has 0 aliphatic heterocycles. The highest BCUT2D eigenvalue weighted by molar-refractivity contribution is 6.42. The van der Waals surface area contributed by atoms with E-state index in [1.165, 1.54) is 5.56 Å². The first kappa shape index (κ1) is 17.5. The molecule has 3 rings (SSSR count). The zero-order valence-electron chi connectivity index (χ0n) is 13.7. The zero-order chi connectivity index (χ0) is 17.8. The lowest BCUT2D eigenvalue weighted by molar-refractivity contribution is 0.0785. The minimum absolute atomic E-state index is 0.116. The summed E-state index contributed by atoms with van der Waals surface area (Å²) in [6.07, 6.45) is 3.73. The quantitative estimate of drug-likeness (QED) is 0.659. The number of carbonyl (C=O) groups is 1. The van der Waals surface area contributed by atoms with Crippen molar-refractivity contribution in [2.45, 2.75) is 13.1 Å². The lowest BCUT2D eigenvalue weighted by atomic mass is 10.2. The molecule has 1 amide bonds. The van der Waals surface area contributed by atoms with Gasteiger partial charge in [-0.25, -0.2) is 0 Å². The fourth-order valence-electron chi connectivity index (χ4n) is 2.54. The first-order valence-electron chi connectivity index (χ1n) is 7.78. The molecule has 2 aromatic carbocycles. The topological polar surface area (TPSA) is 38.1 Å². The molecule has 1 heterocycles. The van der Waals surface area contributed by atoms with Gasteiger partial charge in [-0.1, -0.05) is 53.5 Å². The molecule has 0 atom stereocenters. The van der Waals surface area contributed by atoms with E-state index in [1.807, 2.05) is 29.1 Å². The summed E-state index contributed by atoms with van der Waals surface area (Å²) in [5.41, 5.74) is 2.65. The van der Waals surface area contributed by atoms with Gasteiger partial charge in [0.25, 0.3) is 5.91 Å². The Morgan fingerprint density at radius 3 is 2.56 bits per heavy atom. The molecule has 6 heteroatoms. The summed E-state index contributed by atoms with van der Waals surface area (Å²) in [4.78, 5) is 14.1. The van der Waals surface area contributed by atoms with Gasteiger partial charge in [0.1, 0.15) is 0 Å². The summed E-state index contributed by atoms with van der Waals surface area (Å²) in [5, 5.41) is 5.17. The third-order valence-corrected chi connectivity index (χ3v) is 4.55. The molecule has 1 aromatic heterocycles. The number of rotatable bonds is 5. The summed E-state index contributed by atoms with van der Waals surface area (Å²) in [5.74, 6) is -0.116. The van der Waals surface area contributed by atoms with Gasteiger partial charge in [-0.3, -0.25) is 9.48 Å². The molecule has 25 heavy (non-hydrogen) atoms. The minimum atomic E-state index is -0.116. The predicted octanol–water partition coefficient (Wildman–Crippen LogP) is 4.51. The van der Waals surface area contributed by atoms with E-state index in [9.17, 15) is 4.79 Å². The molecule has 0 fully saturated rings. The average Bonchev–Trinajstić information content (AvgIpc) is 3.04. The summed E-state index contributed by atoms with van der Waals surface area (Å²) in [6, 6.07) is 15.0. The smallest absolute Gasteiger partial charge is 0.253 e. The average molecular weight is 374 g/mol. The van der Waals surface area contributed by atoms with Crippen LogP contribution in [0.1, 0.15) is 21.5 Å². The lowest BCUT2D eigenvalue weighted by Gasteiger charge is -2.16. The normalized spacial score (nSPS) is 10.7. The van der Waals surface area contributed by atoms with E-state index in [2.05, 4.69) is 17.2 Å². The molecule has 3 aromatic rings. The lowest BCUT2D eigenvalue weighted by Crippen LogP contribution is -2.26. The molecule has 0 bridgehead atoms. The van der Waals surface area contributed by atoms with Crippen LogP contribution in [-0.4, -0.2) is 27.6 Å². The van der Waals surface area contributed by atoms with Gasteiger partial charge in [-0.05, 0) is 23.8 Å². The number of nitrogens with zero attached hydrogens (tertiary/aromatic N) is 3. The van der Waals surface area contributed by atoms with Crippen molar-refractivity contribution in [3.63, 3.8) is 0 Å². The van der Waals surface area contributed by atoms with E-state index in [-0.39, 0.29) is 5.91 Å². The number of hydrogen-bond donors (Lipinski definition) is 0. The van der Waals surface area contributed by atoms with Crippen LogP contribution in [0.15, 0.2) is 60.9 Å². The fourth-order valence-corrected chi connectivity index (χ4v) is 2.84. The number of halogens is 2. The molecule has 0 aliphatic carbocycles. The summed E-state index contributed by atoms with van der Waals surface area (Å²) < 4.78 is 1.86. The van der Waals surface area contributed by atoms with E-state index >= 15 is 0 Å². The van der Waals surface area contributed by atoms with E-state index in [4.69, 9.17) is 23.2 Å². The maximum atomic E-state index is 12.5. The first-order valence-corrected chi connectivity index (χ1v) is 8.54. The van der Waals surface area contributed by atoms with Gasteiger partial charge in [-0.15, -0.1) is 0 Å². The Kier molecular flexibility index (Phi) is 5.41. The molecule has 128 valence electrons. The fraction of sp³-hybridized carbons (Fsp3) is 0.158. The predicted molar refractivity (Wildman–Crippen MR) is 100 cm³/mol. The highest BCUT2D eigenvalue weighted by Gasteiger charge is 2.14. The third-order valence-electron chi connectivity index (χ3n) is 3.81. The van der Waals surface area contributed by atoms with Crippen molar-refractivity contribution in [3.05, 3.63) is 87.7 Å². The number of aromatic nitrogens is 2. The van der Waals surface area contributed by atoms with Gasteiger partial charge in [0.2, 0.25) is 0 Å².